The SMILES string of the molecule is Cc1nccc(NC(=O)N2CC=C(c3cccc(C)c3C)CC2)n1. The second-order valence-corrected chi connectivity index (χ2v) is 6.09. The minimum atomic E-state index is -0.121. The van der Waals surface area contributed by atoms with Gasteiger partial charge in [0, 0.05) is 19.3 Å². The average Bonchev–Trinajstić information content (AvgIpc) is 2.57. The molecule has 1 aliphatic heterocycles. The lowest BCUT2D eigenvalue weighted by Gasteiger charge is -2.27. The van der Waals surface area contributed by atoms with Crippen LogP contribution in [-0.4, -0.2) is 34.0 Å². The zero-order valence-corrected chi connectivity index (χ0v) is 14.3. The van der Waals surface area contributed by atoms with Gasteiger partial charge in [-0.25, -0.2) is 14.8 Å². The van der Waals surface area contributed by atoms with E-state index in [1.807, 2.05) is 0 Å². The summed E-state index contributed by atoms with van der Waals surface area (Å²) in [5, 5.41) is 2.83. The summed E-state index contributed by atoms with van der Waals surface area (Å²) in [6.07, 6.45) is 4.66. The molecule has 2 aromatic rings. The highest BCUT2D eigenvalue weighted by atomic mass is 16.2. The molecule has 0 aliphatic carbocycles. The molecule has 124 valence electrons. The largest absolute Gasteiger partial charge is 0.323 e. The number of amides is 2. The number of urea groups is 1. The molecule has 0 saturated carbocycles. The lowest BCUT2D eigenvalue weighted by molar-refractivity contribution is 0.217. The molecule has 1 aromatic heterocycles. The van der Waals surface area contributed by atoms with Crippen molar-refractivity contribution >= 4 is 17.4 Å². The summed E-state index contributed by atoms with van der Waals surface area (Å²) in [5.74, 6) is 1.18. The van der Waals surface area contributed by atoms with Gasteiger partial charge in [0.05, 0.1) is 0 Å². The smallest absolute Gasteiger partial charge is 0.320 e. The standard InChI is InChI=1S/C19H22N4O/c1-13-5-4-6-17(14(13)2)16-8-11-23(12-9-16)19(24)22-18-7-10-20-15(3)21-18/h4-8,10H,9,11-12H2,1-3H3,(H,20,21,22,24). The lowest BCUT2D eigenvalue weighted by Crippen LogP contribution is -2.38. The molecule has 0 spiro atoms. The Bertz CT molecular complexity index is 798. The van der Waals surface area contributed by atoms with Crippen molar-refractivity contribution in [2.24, 2.45) is 0 Å². The number of hydrogen-bond donors (Lipinski definition) is 1. The second kappa shape index (κ2) is 6.83. The third-order valence-electron chi connectivity index (χ3n) is 4.46. The number of rotatable bonds is 2. The van der Waals surface area contributed by atoms with Gasteiger partial charge in [0.15, 0.2) is 0 Å². The van der Waals surface area contributed by atoms with E-state index in [2.05, 4.69) is 53.4 Å². The highest BCUT2D eigenvalue weighted by molar-refractivity contribution is 5.89. The number of benzene rings is 1. The highest BCUT2D eigenvalue weighted by Crippen LogP contribution is 2.26. The Morgan fingerprint density at radius 2 is 2.04 bits per heavy atom. The third-order valence-corrected chi connectivity index (χ3v) is 4.46. The molecule has 0 atom stereocenters. The van der Waals surface area contributed by atoms with E-state index in [0.717, 1.165) is 6.42 Å². The normalized spacial score (nSPS) is 14.3. The minimum Gasteiger partial charge on any atom is -0.320 e. The molecule has 24 heavy (non-hydrogen) atoms. The number of nitrogens with one attached hydrogen (secondary N) is 1. The van der Waals surface area contributed by atoms with E-state index >= 15 is 0 Å². The second-order valence-electron chi connectivity index (χ2n) is 6.09. The van der Waals surface area contributed by atoms with Gasteiger partial charge in [0.1, 0.15) is 11.6 Å². The number of carbonyl (C=O) groups is 1. The number of carbonyl (C=O) groups excluding carboxylic acids is 1. The minimum absolute atomic E-state index is 0.121. The van der Waals surface area contributed by atoms with Crippen molar-refractivity contribution < 1.29 is 4.79 Å². The first-order valence-electron chi connectivity index (χ1n) is 8.16. The van der Waals surface area contributed by atoms with Crippen LogP contribution in [0.15, 0.2) is 36.5 Å². The Morgan fingerprint density at radius 3 is 2.75 bits per heavy atom. The summed E-state index contributed by atoms with van der Waals surface area (Å²) in [6, 6.07) is 7.96. The molecule has 3 rings (SSSR count). The van der Waals surface area contributed by atoms with Gasteiger partial charge in [0.2, 0.25) is 0 Å². The maximum absolute atomic E-state index is 12.4. The first-order chi connectivity index (χ1) is 11.5. The molecule has 5 heteroatoms. The summed E-state index contributed by atoms with van der Waals surface area (Å²) in [6.45, 7) is 7.40. The molecule has 2 amide bonds. The van der Waals surface area contributed by atoms with E-state index in [-0.39, 0.29) is 6.03 Å². The van der Waals surface area contributed by atoms with Crippen LogP contribution in [0, 0.1) is 20.8 Å². The fourth-order valence-electron chi connectivity index (χ4n) is 2.91. The molecular weight excluding hydrogens is 300 g/mol. The van der Waals surface area contributed by atoms with Gasteiger partial charge in [-0.3, -0.25) is 5.32 Å². The molecule has 0 bridgehead atoms. The number of anilines is 1. The average molecular weight is 322 g/mol. The lowest BCUT2D eigenvalue weighted by atomic mass is 9.93. The Labute approximate surface area is 142 Å². The van der Waals surface area contributed by atoms with Crippen LogP contribution in [0.1, 0.15) is 28.9 Å². The third kappa shape index (κ3) is 3.45. The van der Waals surface area contributed by atoms with E-state index < -0.39 is 0 Å². The van der Waals surface area contributed by atoms with Crippen molar-refractivity contribution in [2.75, 3.05) is 18.4 Å². The quantitative estimate of drug-likeness (QED) is 0.916. The Hall–Kier alpha value is -2.69. The van der Waals surface area contributed by atoms with Crippen LogP contribution < -0.4 is 5.32 Å². The Morgan fingerprint density at radius 1 is 1.21 bits per heavy atom. The van der Waals surface area contributed by atoms with Crippen LogP contribution in [-0.2, 0) is 0 Å². The van der Waals surface area contributed by atoms with Crippen molar-refractivity contribution in [2.45, 2.75) is 27.2 Å². The van der Waals surface area contributed by atoms with Crippen LogP contribution in [0.2, 0.25) is 0 Å². The molecule has 1 aliphatic rings. The van der Waals surface area contributed by atoms with E-state index in [9.17, 15) is 4.79 Å². The van der Waals surface area contributed by atoms with Crippen LogP contribution in [0.5, 0.6) is 0 Å². The summed E-state index contributed by atoms with van der Waals surface area (Å²) in [7, 11) is 0. The van der Waals surface area contributed by atoms with Crippen LogP contribution in [0.25, 0.3) is 5.57 Å². The van der Waals surface area contributed by atoms with Crippen LogP contribution in [0.4, 0.5) is 10.6 Å². The first kappa shape index (κ1) is 16.2. The molecule has 2 heterocycles. The molecular formula is C19H22N4O. The van der Waals surface area contributed by atoms with Gasteiger partial charge >= 0.3 is 6.03 Å². The molecule has 0 saturated heterocycles. The summed E-state index contributed by atoms with van der Waals surface area (Å²) in [5.41, 5.74) is 5.23. The van der Waals surface area contributed by atoms with E-state index in [1.54, 1.807) is 24.1 Å². The predicted octanol–water partition coefficient (Wildman–Crippen LogP) is 3.72. The topological polar surface area (TPSA) is 58.1 Å². The molecule has 1 aromatic carbocycles. The van der Waals surface area contributed by atoms with Crippen molar-refractivity contribution in [3.8, 4) is 0 Å². The molecule has 0 radical (unpaired) electrons. The van der Waals surface area contributed by atoms with Gasteiger partial charge in [-0.05, 0) is 55.5 Å². The zero-order valence-electron chi connectivity index (χ0n) is 14.3. The Kier molecular flexibility index (Phi) is 4.60. The fourth-order valence-corrected chi connectivity index (χ4v) is 2.91. The van der Waals surface area contributed by atoms with E-state index in [0.29, 0.717) is 24.7 Å². The van der Waals surface area contributed by atoms with Gasteiger partial charge in [0.25, 0.3) is 0 Å². The maximum atomic E-state index is 12.4. The molecule has 1 N–H and O–H groups in total. The zero-order chi connectivity index (χ0) is 17.1. The van der Waals surface area contributed by atoms with Crippen LogP contribution in [0.3, 0.4) is 0 Å². The van der Waals surface area contributed by atoms with Crippen LogP contribution >= 0.6 is 0 Å². The molecule has 0 fully saturated rings. The number of aromatic nitrogens is 2. The summed E-state index contributed by atoms with van der Waals surface area (Å²) in [4.78, 5) is 22.4. The summed E-state index contributed by atoms with van der Waals surface area (Å²) >= 11 is 0. The van der Waals surface area contributed by atoms with Gasteiger partial charge < -0.3 is 4.90 Å². The van der Waals surface area contributed by atoms with E-state index in [1.165, 1.54) is 22.3 Å². The van der Waals surface area contributed by atoms with Gasteiger partial charge in [-0.2, -0.15) is 0 Å². The first-order valence-corrected chi connectivity index (χ1v) is 8.16. The molecule has 5 nitrogen and oxygen atoms in total. The highest BCUT2D eigenvalue weighted by Gasteiger charge is 2.19. The summed E-state index contributed by atoms with van der Waals surface area (Å²) < 4.78 is 0. The van der Waals surface area contributed by atoms with Crippen molar-refractivity contribution in [1.29, 1.82) is 0 Å². The van der Waals surface area contributed by atoms with Crippen molar-refractivity contribution in [1.82, 2.24) is 14.9 Å². The number of aryl methyl sites for hydroxylation is 2. The van der Waals surface area contributed by atoms with Crippen molar-refractivity contribution in [3.05, 3.63) is 59.1 Å². The fraction of sp³-hybridized carbons (Fsp3) is 0.316. The van der Waals surface area contributed by atoms with Gasteiger partial charge in [-0.1, -0.05) is 24.3 Å². The maximum Gasteiger partial charge on any atom is 0.323 e. The monoisotopic (exact) mass is 322 g/mol. The molecule has 0 unspecified atom stereocenters. The van der Waals surface area contributed by atoms with Gasteiger partial charge in [-0.15, -0.1) is 0 Å². The predicted molar refractivity (Wildman–Crippen MR) is 95.9 cm³/mol. The number of hydrogen-bond acceptors (Lipinski definition) is 3. The Balaban J connectivity index is 1.68. The van der Waals surface area contributed by atoms with Crippen molar-refractivity contribution in [3.63, 3.8) is 0 Å². The number of nitrogens with zero attached hydrogens (tertiary/aromatic N) is 3. The van der Waals surface area contributed by atoms with E-state index in [4.69, 9.17) is 0 Å².